The fourth-order valence-electron chi connectivity index (χ4n) is 2.00. The Hall–Kier alpha value is -1.33. The molecule has 1 aliphatic heterocycles. The first-order valence-corrected chi connectivity index (χ1v) is 7.45. The van der Waals surface area contributed by atoms with E-state index >= 15 is 0 Å². The second-order valence-corrected chi connectivity index (χ2v) is 6.38. The standard InChI is InChI=1S/C13H18N2O2S/c1-14(2)9-5-10-15-13-7-4-3-6-12(13)8-11-18(15,16)17/h3-4,6-8,11H,5,9-10H2,1-2H3. The largest absolute Gasteiger partial charge is 0.309 e. The first-order chi connectivity index (χ1) is 8.50. The van der Waals surface area contributed by atoms with Crippen LogP contribution in [0, 0.1) is 0 Å². The van der Waals surface area contributed by atoms with E-state index in [1.165, 1.54) is 9.71 Å². The highest BCUT2D eigenvalue weighted by atomic mass is 32.2. The molecule has 1 aromatic carbocycles. The Kier molecular flexibility index (Phi) is 3.73. The molecular formula is C13H18N2O2S. The molecule has 1 heterocycles. The lowest BCUT2D eigenvalue weighted by Crippen LogP contribution is -2.33. The molecule has 0 saturated heterocycles. The number of para-hydroxylation sites is 1. The molecule has 4 nitrogen and oxygen atoms in total. The molecule has 98 valence electrons. The molecule has 0 aromatic heterocycles. The monoisotopic (exact) mass is 266 g/mol. The van der Waals surface area contributed by atoms with Gasteiger partial charge >= 0.3 is 0 Å². The summed E-state index contributed by atoms with van der Waals surface area (Å²) in [6.45, 7) is 1.39. The summed E-state index contributed by atoms with van der Waals surface area (Å²) >= 11 is 0. The zero-order chi connectivity index (χ0) is 13.2. The molecule has 0 atom stereocenters. The molecule has 2 rings (SSSR count). The van der Waals surface area contributed by atoms with Crippen LogP contribution in [-0.2, 0) is 10.0 Å². The van der Waals surface area contributed by atoms with E-state index in [2.05, 4.69) is 4.90 Å². The van der Waals surface area contributed by atoms with Crippen molar-refractivity contribution in [3.8, 4) is 0 Å². The van der Waals surface area contributed by atoms with Gasteiger partial charge < -0.3 is 4.90 Å². The number of anilines is 1. The predicted molar refractivity (Wildman–Crippen MR) is 74.9 cm³/mol. The summed E-state index contributed by atoms with van der Waals surface area (Å²) in [4.78, 5) is 2.05. The first-order valence-electron chi connectivity index (χ1n) is 5.95. The number of hydrogen-bond donors (Lipinski definition) is 0. The van der Waals surface area contributed by atoms with E-state index in [0.29, 0.717) is 6.54 Å². The normalized spacial score (nSPS) is 16.9. The van der Waals surface area contributed by atoms with Gasteiger partial charge in [-0.15, -0.1) is 0 Å². The van der Waals surface area contributed by atoms with E-state index in [4.69, 9.17) is 0 Å². The van der Waals surface area contributed by atoms with Gasteiger partial charge in [0.05, 0.1) is 11.1 Å². The minimum Gasteiger partial charge on any atom is -0.309 e. The summed E-state index contributed by atoms with van der Waals surface area (Å²) in [5.41, 5.74) is 1.73. The average molecular weight is 266 g/mol. The molecule has 0 amide bonds. The Morgan fingerprint density at radius 2 is 1.94 bits per heavy atom. The van der Waals surface area contributed by atoms with Crippen molar-refractivity contribution in [3.05, 3.63) is 35.2 Å². The highest BCUT2D eigenvalue weighted by Gasteiger charge is 2.24. The quantitative estimate of drug-likeness (QED) is 0.834. The lowest BCUT2D eigenvalue weighted by Gasteiger charge is -2.27. The highest BCUT2D eigenvalue weighted by molar-refractivity contribution is 7.95. The number of rotatable bonds is 4. The van der Waals surface area contributed by atoms with Crippen molar-refractivity contribution in [3.63, 3.8) is 0 Å². The van der Waals surface area contributed by atoms with Crippen LogP contribution < -0.4 is 4.31 Å². The summed E-state index contributed by atoms with van der Waals surface area (Å²) in [6.07, 6.45) is 2.47. The van der Waals surface area contributed by atoms with E-state index < -0.39 is 10.0 Å². The number of fused-ring (bicyclic) bond motifs is 1. The van der Waals surface area contributed by atoms with Crippen molar-refractivity contribution in [2.75, 3.05) is 31.5 Å². The number of benzene rings is 1. The van der Waals surface area contributed by atoms with Crippen LogP contribution in [0.25, 0.3) is 6.08 Å². The van der Waals surface area contributed by atoms with Gasteiger partial charge in [-0.25, -0.2) is 8.42 Å². The van der Waals surface area contributed by atoms with Gasteiger partial charge in [0.2, 0.25) is 0 Å². The summed E-state index contributed by atoms with van der Waals surface area (Å²) in [7, 11) is 0.669. The van der Waals surface area contributed by atoms with Crippen LogP contribution in [0.4, 0.5) is 5.69 Å². The van der Waals surface area contributed by atoms with Crippen molar-refractivity contribution in [2.24, 2.45) is 0 Å². The van der Waals surface area contributed by atoms with Crippen molar-refractivity contribution < 1.29 is 8.42 Å². The lowest BCUT2D eigenvalue weighted by atomic mass is 10.1. The fourth-order valence-corrected chi connectivity index (χ4v) is 3.29. The average Bonchev–Trinajstić information content (AvgIpc) is 2.31. The molecule has 0 spiro atoms. The van der Waals surface area contributed by atoms with Gasteiger partial charge in [0, 0.05) is 6.54 Å². The Morgan fingerprint density at radius 1 is 1.22 bits per heavy atom. The van der Waals surface area contributed by atoms with Crippen molar-refractivity contribution in [1.29, 1.82) is 0 Å². The van der Waals surface area contributed by atoms with Crippen LogP contribution in [0.1, 0.15) is 12.0 Å². The van der Waals surface area contributed by atoms with E-state index in [1.54, 1.807) is 6.08 Å². The molecule has 0 fully saturated rings. The summed E-state index contributed by atoms with van der Waals surface area (Å²) in [5, 5.41) is 1.28. The maximum absolute atomic E-state index is 12.0. The van der Waals surface area contributed by atoms with Crippen molar-refractivity contribution in [2.45, 2.75) is 6.42 Å². The van der Waals surface area contributed by atoms with Crippen LogP contribution >= 0.6 is 0 Å². The van der Waals surface area contributed by atoms with Gasteiger partial charge in [-0.05, 0) is 44.8 Å². The molecule has 18 heavy (non-hydrogen) atoms. The third kappa shape index (κ3) is 2.73. The van der Waals surface area contributed by atoms with Crippen LogP contribution in [0.2, 0.25) is 0 Å². The van der Waals surface area contributed by atoms with Crippen molar-refractivity contribution in [1.82, 2.24) is 4.90 Å². The number of hydrogen-bond acceptors (Lipinski definition) is 3. The Morgan fingerprint density at radius 3 is 2.67 bits per heavy atom. The van der Waals surface area contributed by atoms with Gasteiger partial charge in [0.15, 0.2) is 0 Å². The maximum atomic E-state index is 12.0. The smallest absolute Gasteiger partial charge is 0.257 e. The third-order valence-corrected chi connectivity index (χ3v) is 4.37. The Balaban J connectivity index is 2.23. The second-order valence-electron chi connectivity index (χ2n) is 4.64. The molecule has 1 aliphatic rings. The molecule has 0 aliphatic carbocycles. The summed E-state index contributed by atoms with van der Waals surface area (Å²) in [6, 6.07) is 7.57. The van der Waals surface area contributed by atoms with Crippen LogP contribution in [0.15, 0.2) is 29.7 Å². The topological polar surface area (TPSA) is 40.6 Å². The summed E-state index contributed by atoms with van der Waals surface area (Å²) in [5.74, 6) is 0. The van der Waals surface area contributed by atoms with Crippen LogP contribution in [-0.4, -0.2) is 40.5 Å². The molecule has 1 aromatic rings. The summed E-state index contributed by atoms with van der Waals surface area (Å²) < 4.78 is 25.6. The van der Waals surface area contributed by atoms with Gasteiger partial charge in [-0.1, -0.05) is 18.2 Å². The highest BCUT2D eigenvalue weighted by Crippen LogP contribution is 2.29. The molecule has 5 heteroatoms. The fraction of sp³-hybridized carbons (Fsp3) is 0.385. The zero-order valence-electron chi connectivity index (χ0n) is 10.7. The van der Waals surface area contributed by atoms with Crippen LogP contribution in [0.5, 0.6) is 0 Å². The van der Waals surface area contributed by atoms with Gasteiger partial charge in [-0.3, -0.25) is 4.31 Å². The lowest BCUT2D eigenvalue weighted by molar-refractivity contribution is 0.403. The van der Waals surface area contributed by atoms with Gasteiger partial charge in [0.25, 0.3) is 10.0 Å². The van der Waals surface area contributed by atoms with E-state index in [-0.39, 0.29) is 0 Å². The van der Waals surface area contributed by atoms with Gasteiger partial charge in [0.1, 0.15) is 0 Å². The van der Waals surface area contributed by atoms with E-state index in [0.717, 1.165) is 24.2 Å². The Bertz CT molecular complexity index is 550. The van der Waals surface area contributed by atoms with Gasteiger partial charge in [-0.2, -0.15) is 0 Å². The molecular weight excluding hydrogens is 248 g/mol. The second kappa shape index (κ2) is 5.12. The van der Waals surface area contributed by atoms with Crippen LogP contribution in [0.3, 0.4) is 0 Å². The SMILES string of the molecule is CN(C)CCCN1c2ccccc2C=CS1(=O)=O. The molecule has 0 bridgehead atoms. The predicted octanol–water partition coefficient (Wildman–Crippen LogP) is 1.76. The number of sulfonamides is 1. The minimum absolute atomic E-state index is 0.516. The molecule has 0 saturated carbocycles. The van der Waals surface area contributed by atoms with E-state index in [1.807, 2.05) is 38.4 Å². The minimum atomic E-state index is -3.30. The number of nitrogens with zero attached hydrogens (tertiary/aromatic N) is 2. The maximum Gasteiger partial charge on any atom is 0.257 e. The molecule has 0 N–H and O–H groups in total. The Labute approximate surface area is 109 Å². The third-order valence-electron chi connectivity index (χ3n) is 2.90. The van der Waals surface area contributed by atoms with Crippen molar-refractivity contribution >= 4 is 21.8 Å². The first kappa shape index (κ1) is 13.1. The molecule has 0 radical (unpaired) electrons. The zero-order valence-corrected chi connectivity index (χ0v) is 11.5. The molecule has 0 unspecified atom stereocenters. The van der Waals surface area contributed by atoms with E-state index in [9.17, 15) is 8.42 Å².